The highest BCUT2D eigenvalue weighted by Crippen LogP contribution is 2.30. The van der Waals surface area contributed by atoms with Crippen LogP contribution in [0.25, 0.3) is 0 Å². The zero-order valence-electron chi connectivity index (χ0n) is 12.3. The maximum absolute atomic E-state index is 14.2. The van der Waals surface area contributed by atoms with Crippen LogP contribution in [0, 0.1) is 5.82 Å². The van der Waals surface area contributed by atoms with Crippen molar-refractivity contribution in [3.8, 4) is 0 Å². The summed E-state index contributed by atoms with van der Waals surface area (Å²) in [6, 6.07) is 5.25. The minimum atomic E-state index is -0.174. The van der Waals surface area contributed by atoms with Crippen molar-refractivity contribution in [3.05, 3.63) is 34.6 Å². The van der Waals surface area contributed by atoms with Gasteiger partial charge in [0.2, 0.25) is 0 Å². The lowest BCUT2D eigenvalue weighted by Crippen LogP contribution is -2.45. The van der Waals surface area contributed by atoms with Crippen molar-refractivity contribution in [1.82, 2.24) is 10.2 Å². The largest absolute Gasteiger partial charge is 0.314 e. The van der Waals surface area contributed by atoms with Crippen molar-refractivity contribution in [2.24, 2.45) is 0 Å². The first-order valence-electron chi connectivity index (χ1n) is 7.12. The van der Waals surface area contributed by atoms with Crippen molar-refractivity contribution < 1.29 is 4.39 Å². The molecule has 1 N–H and O–H groups in total. The van der Waals surface area contributed by atoms with Gasteiger partial charge in [0.05, 0.1) is 0 Å². The second-order valence-corrected chi connectivity index (χ2v) is 5.55. The quantitative estimate of drug-likeness (QED) is 0.837. The predicted octanol–water partition coefficient (Wildman–Crippen LogP) is 4.46. The van der Waals surface area contributed by atoms with Crippen LogP contribution in [0.1, 0.15) is 37.8 Å². The highest BCUT2D eigenvalue weighted by Gasteiger charge is 2.24. The van der Waals surface area contributed by atoms with Gasteiger partial charge in [0.15, 0.2) is 0 Å². The maximum Gasteiger partial charge on any atom is 0.129 e. The third kappa shape index (κ3) is 5.91. The molecule has 1 aromatic rings. The molecule has 0 spiro atoms. The van der Waals surface area contributed by atoms with E-state index in [1.54, 1.807) is 6.07 Å². The molecule has 2 nitrogen and oxygen atoms in total. The lowest BCUT2D eigenvalue weighted by molar-refractivity contribution is 0.160. The van der Waals surface area contributed by atoms with Crippen LogP contribution < -0.4 is 5.32 Å². The van der Waals surface area contributed by atoms with Gasteiger partial charge in [-0.2, -0.15) is 0 Å². The van der Waals surface area contributed by atoms with E-state index in [1.165, 1.54) is 6.07 Å². The molecule has 1 heterocycles. The van der Waals surface area contributed by atoms with Crippen LogP contribution in [0.2, 0.25) is 5.02 Å². The van der Waals surface area contributed by atoms with Gasteiger partial charge in [0.25, 0.3) is 0 Å². The van der Waals surface area contributed by atoms with Crippen LogP contribution in [0.4, 0.5) is 4.39 Å². The SMILES string of the molecule is CCCC[C@H](c1ccc(Cl)cc1F)N1CCNCC1.Cl.Cl. The Kier molecular flexibility index (Phi) is 10.6. The van der Waals surface area contributed by atoms with E-state index in [0.717, 1.165) is 51.0 Å². The van der Waals surface area contributed by atoms with Crippen LogP contribution in [-0.4, -0.2) is 31.1 Å². The molecule has 0 radical (unpaired) electrons. The van der Waals surface area contributed by atoms with Crippen molar-refractivity contribution in [2.75, 3.05) is 26.2 Å². The smallest absolute Gasteiger partial charge is 0.129 e. The summed E-state index contributed by atoms with van der Waals surface area (Å²) in [4.78, 5) is 2.39. The van der Waals surface area contributed by atoms with Crippen LogP contribution in [0.3, 0.4) is 0 Å². The molecule has 1 aromatic carbocycles. The Labute approximate surface area is 144 Å². The normalized spacial score (nSPS) is 16.7. The fourth-order valence-corrected chi connectivity index (χ4v) is 2.86. The minimum absolute atomic E-state index is 0. The summed E-state index contributed by atoms with van der Waals surface area (Å²) in [7, 11) is 0. The van der Waals surface area contributed by atoms with Gasteiger partial charge in [-0.05, 0) is 18.6 Å². The van der Waals surface area contributed by atoms with Crippen LogP contribution in [-0.2, 0) is 0 Å². The summed E-state index contributed by atoms with van der Waals surface area (Å²) in [5.74, 6) is -0.174. The lowest BCUT2D eigenvalue weighted by atomic mass is 9.98. The van der Waals surface area contributed by atoms with Crippen molar-refractivity contribution in [1.29, 1.82) is 0 Å². The monoisotopic (exact) mass is 356 g/mol. The Hall–Kier alpha value is -0.0600. The number of hydrogen-bond acceptors (Lipinski definition) is 2. The van der Waals surface area contributed by atoms with Crippen LogP contribution in [0.15, 0.2) is 18.2 Å². The Balaban J connectivity index is 0.00000200. The van der Waals surface area contributed by atoms with E-state index in [-0.39, 0.29) is 36.7 Å². The first kappa shape index (κ1) is 20.9. The third-order valence-corrected chi connectivity index (χ3v) is 3.98. The topological polar surface area (TPSA) is 15.3 Å². The van der Waals surface area contributed by atoms with Gasteiger partial charge in [-0.1, -0.05) is 37.4 Å². The molecule has 0 bridgehead atoms. The van der Waals surface area contributed by atoms with E-state index in [9.17, 15) is 4.39 Å². The average molecular weight is 358 g/mol. The van der Waals surface area contributed by atoms with Gasteiger partial charge in [-0.15, -0.1) is 24.8 Å². The number of nitrogens with zero attached hydrogens (tertiary/aromatic N) is 1. The molecule has 2 rings (SSSR count). The third-order valence-electron chi connectivity index (χ3n) is 3.74. The van der Waals surface area contributed by atoms with E-state index in [1.807, 2.05) is 6.07 Å². The molecule has 0 unspecified atom stereocenters. The van der Waals surface area contributed by atoms with E-state index in [4.69, 9.17) is 11.6 Å². The Morgan fingerprint density at radius 1 is 1.29 bits per heavy atom. The number of nitrogens with one attached hydrogen (secondary N) is 1. The van der Waals surface area contributed by atoms with Gasteiger partial charge in [-0.3, -0.25) is 4.90 Å². The second-order valence-electron chi connectivity index (χ2n) is 5.11. The molecule has 6 heteroatoms. The molecule has 1 aliphatic heterocycles. The maximum atomic E-state index is 14.2. The molecule has 1 saturated heterocycles. The molecule has 1 fully saturated rings. The Bertz CT molecular complexity index is 412. The van der Waals surface area contributed by atoms with Gasteiger partial charge in [-0.25, -0.2) is 4.39 Å². The molecule has 1 aliphatic rings. The second kappa shape index (κ2) is 10.6. The number of unbranched alkanes of at least 4 members (excludes halogenated alkanes) is 1. The molecule has 122 valence electrons. The van der Waals surface area contributed by atoms with E-state index in [0.29, 0.717) is 5.02 Å². The number of hydrogen-bond donors (Lipinski definition) is 1. The van der Waals surface area contributed by atoms with Gasteiger partial charge >= 0.3 is 0 Å². The standard InChI is InChI=1S/C15H22ClFN2.2ClH/c1-2-3-4-15(19-9-7-18-8-10-19)13-6-5-12(16)11-14(13)17;;/h5-6,11,15,18H,2-4,7-10H2,1H3;2*1H/t15-;;/m1../s1. The number of halogens is 4. The lowest BCUT2D eigenvalue weighted by Gasteiger charge is -2.35. The number of benzene rings is 1. The average Bonchev–Trinajstić information content (AvgIpc) is 2.42. The number of piperazine rings is 1. The molecule has 0 aliphatic carbocycles. The first-order chi connectivity index (χ1) is 9.22. The summed E-state index contributed by atoms with van der Waals surface area (Å²) in [5.41, 5.74) is 0.791. The summed E-state index contributed by atoms with van der Waals surface area (Å²) >= 11 is 5.85. The van der Waals surface area contributed by atoms with Crippen molar-refractivity contribution >= 4 is 36.4 Å². The fraction of sp³-hybridized carbons (Fsp3) is 0.600. The molecule has 1 atom stereocenters. The highest BCUT2D eigenvalue weighted by atomic mass is 35.5. The molecular weight excluding hydrogens is 334 g/mol. The molecular formula is C15H24Cl3FN2. The first-order valence-corrected chi connectivity index (χ1v) is 7.50. The Morgan fingerprint density at radius 3 is 2.52 bits per heavy atom. The highest BCUT2D eigenvalue weighted by molar-refractivity contribution is 6.30. The summed E-state index contributed by atoms with van der Waals surface area (Å²) in [6.07, 6.45) is 3.27. The molecule has 0 amide bonds. The summed E-state index contributed by atoms with van der Waals surface area (Å²) in [6.45, 7) is 6.11. The van der Waals surface area contributed by atoms with E-state index >= 15 is 0 Å². The fourth-order valence-electron chi connectivity index (χ4n) is 2.70. The number of rotatable bonds is 5. The minimum Gasteiger partial charge on any atom is -0.314 e. The van der Waals surface area contributed by atoms with E-state index < -0.39 is 0 Å². The summed E-state index contributed by atoms with van der Waals surface area (Å²) < 4.78 is 14.2. The van der Waals surface area contributed by atoms with Crippen molar-refractivity contribution in [2.45, 2.75) is 32.2 Å². The van der Waals surface area contributed by atoms with Gasteiger partial charge in [0.1, 0.15) is 5.82 Å². The summed E-state index contributed by atoms with van der Waals surface area (Å²) in [5, 5.41) is 3.81. The predicted molar refractivity (Wildman–Crippen MR) is 92.6 cm³/mol. The van der Waals surface area contributed by atoms with Gasteiger partial charge in [0, 0.05) is 42.8 Å². The zero-order chi connectivity index (χ0) is 13.7. The van der Waals surface area contributed by atoms with Gasteiger partial charge < -0.3 is 5.32 Å². The van der Waals surface area contributed by atoms with Crippen LogP contribution in [0.5, 0.6) is 0 Å². The van der Waals surface area contributed by atoms with Crippen LogP contribution >= 0.6 is 36.4 Å². The Morgan fingerprint density at radius 2 is 1.95 bits per heavy atom. The molecule has 0 aromatic heterocycles. The van der Waals surface area contributed by atoms with Crippen molar-refractivity contribution in [3.63, 3.8) is 0 Å². The van der Waals surface area contributed by atoms with E-state index in [2.05, 4.69) is 17.1 Å². The molecule has 0 saturated carbocycles. The molecule has 21 heavy (non-hydrogen) atoms. The zero-order valence-corrected chi connectivity index (χ0v) is 14.7.